The van der Waals surface area contributed by atoms with Gasteiger partial charge in [-0.3, -0.25) is 4.79 Å². The quantitative estimate of drug-likeness (QED) is 0.752. The zero-order chi connectivity index (χ0) is 12.6. The first-order chi connectivity index (χ1) is 7.97. The first-order valence-corrected chi connectivity index (χ1v) is 6.85. The molecule has 1 aromatic carbocycles. The number of likely N-dealkylation sites (N-methyl/N-ethyl adjacent to an activating group) is 1. The third kappa shape index (κ3) is 2.92. The van der Waals surface area contributed by atoms with Gasteiger partial charge in [-0.05, 0) is 54.9 Å². The molecule has 0 atom stereocenters. The van der Waals surface area contributed by atoms with Crippen LogP contribution in [-0.2, 0) is 0 Å². The Morgan fingerprint density at radius 1 is 1.41 bits per heavy atom. The normalized spacial score (nSPS) is 16.2. The van der Waals surface area contributed by atoms with E-state index in [0.717, 1.165) is 16.7 Å². The van der Waals surface area contributed by atoms with Crippen molar-refractivity contribution in [1.82, 2.24) is 9.80 Å². The Bertz CT molecular complexity index is 424. The van der Waals surface area contributed by atoms with Crippen LogP contribution >= 0.6 is 34.2 Å². The molecule has 1 aliphatic heterocycles. The maximum absolute atomic E-state index is 12.1. The fraction of sp³-hybridized carbons (Fsp3) is 0.417. The molecule has 0 aliphatic carbocycles. The number of amides is 1. The lowest BCUT2D eigenvalue weighted by Crippen LogP contribution is -2.59. The molecule has 0 spiro atoms. The molecule has 3 nitrogen and oxygen atoms in total. The van der Waals surface area contributed by atoms with Crippen LogP contribution in [0.5, 0.6) is 0 Å². The summed E-state index contributed by atoms with van der Waals surface area (Å²) in [5.74, 6) is 0.0727. The summed E-state index contributed by atoms with van der Waals surface area (Å²) in [5, 5.41) is 0.616. The van der Waals surface area contributed by atoms with Crippen LogP contribution in [0.25, 0.3) is 0 Å². The molecule has 17 heavy (non-hydrogen) atoms. The number of rotatable bonds is 2. The van der Waals surface area contributed by atoms with Gasteiger partial charge in [-0.15, -0.1) is 0 Å². The van der Waals surface area contributed by atoms with Gasteiger partial charge in [0.15, 0.2) is 0 Å². The molecule has 1 fully saturated rings. The highest BCUT2D eigenvalue weighted by Gasteiger charge is 2.32. The standard InChI is InChI=1S/C12H14ClIN2O/c1-15(2)11-6-16(7-11)12(17)8-3-9(13)5-10(14)4-8/h3-5,11H,6-7H2,1-2H3. The van der Waals surface area contributed by atoms with Crippen LogP contribution in [0.3, 0.4) is 0 Å². The van der Waals surface area contributed by atoms with Gasteiger partial charge in [0.25, 0.3) is 5.91 Å². The van der Waals surface area contributed by atoms with Crippen LogP contribution < -0.4 is 0 Å². The second-order valence-electron chi connectivity index (χ2n) is 4.49. The number of likely N-dealkylation sites (tertiary alicyclic amines) is 1. The Morgan fingerprint density at radius 2 is 2.06 bits per heavy atom. The molecule has 92 valence electrons. The van der Waals surface area contributed by atoms with Gasteiger partial charge in [-0.1, -0.05) is 11.6 Å². The van der Waals surface area contributed by atoms with Crippen molar-refractivity contribution < 1.29 is 4.79 Å². The maximum Gasteiger partial charge on any atom is 0.254 e. The first kappa shape index (κ1) is 13.1. The van der Waals surface area contributed by atoms with E-state index in [2.05, 4.69) is 27.5 Å². The van der Waals surface area contributed by atoms with Gasteiger partial charge < -0.3 is 9.80 Å². The van der Waals surface area contributed by atoms with E-state index in [-0.39, 0.29) is 5.91 Å². The Balaban J connectivity index is 2.06. The molecule has 1 aromatic rings. The van der Waals surface area contributed by atoms with E-state index in [9.17, 15) is 4.79 Å². The summed E-state index contributed by atoms with van der Waals surface area (Å²) in [6.07, 6.45) is 0. The molecule has 0 bridgehead atoms. The SMILES string of the molecule is CN(C)C1CN(C(=O)c2cc(Cl)cc(I)c2)C1. The van der Waals surface area contributed by atoms with Gasteiger partial charge in [-0.2, -0.15) is 0 Å². The number of carbonyl (C=O) groups excluding carboxylic acids is 1. The molecule has 1 saturated heterocycles. The zero-order valence-corrected chi connectivity index (χ0v) is 12.7. The topological polar surface area (TPSA) is 23.6 Å². The third-order valence-corrected chi connectivity index (χ3v) is 3.83. The maximum atomic E-state index is 12.1. The van der Waals surface area contributed by atoms with Crippen molar-refractivity contribution in [3.8, 4) is 0 Å². The molecule has 1 heterocycles. The van der Waals surface area contributed by atoms with Gasteiger partial charge in [0.05, 0.1) is 0 Å². The number of halogens is 2. The Kier molecular flexibility index (Phi) is 3.95. The lowest BCUT2D eigenvalue weighted by molar-refractivity contribution is 0.0399. The monoisotopic (exact) mass is 364 g/mol. The molecule has 1 aliphatic rings. The fourth-order valence-corrected chi connectivity index (χ4v) is 2.90. The molecule has 0 aromatic heterocycles. The summed E-state index contributed by atoms with van der Waals surface area (Å²) in [6, 6.07) is 5.93. The largest absolute Gasteiger partial charge is 0.335 e. The van der Waals surface area contributed by atoms with E-state index >= 15 is 0 Å². The predicted octanol–water partition coefficient (Wildman–Crippen LogP) is 2.33. The molecule has 0 radical (unpaired) electrons. The minimum Gasteiger partial charge on any atom is -0.335 e. The van der Waals surface area contributed by atoms with Crippen LogP contribution in [0.4, 0.5) is 0 Å². The van der Waals surface area contributed by atoms with E-state index in [0.29, 0.717) is 16.6 Å². The second kappa shape index (κ2) is 5.12. The molecular formula is C12H14ClIN2O. The molecule has 0 saturated carbocycles. The Labute approximate surface area is 120 Å². The summed E-state index contributed by atoms with van der Waals surface area (Å²) in [6.45, 7) is 1.60. The van der Waals surface area contributed by atoms with Crippen LogP contribution in [0.15, 0.2) is 18.2 Å². The molecule has 1 amide bonds. The predicted molar refractivity (Wildman–Crippen MR) is 77.5 cm³/mol. The average molecular weight is 365 g/mol. The molecule has 5 heteroatoms. The van der Waals surface area contributed by atoms with E-state index in [1.807, 2.05) is 31.1 Å². The van der Waals surface area contributed by atoms with E-state index in [4.69, 9.17) is 11.6 Å². The number of hydrogen-bond donors (Lipinski definition) is 0. The van der Waals surface area contributed by atoms with Crippen molar-refractivity contribution in [3.63, 3.8) is 0 Å². The summed E-state index contributed by atoms with van der Waals surface area (Å²) < 4.78 is 0.989. The second-order valence-corrected chi connectivity index (χ2v) is 6.17. The molecular weight excluding hydrogens is 351 g/mol. The van der Waals surface area contributed by atoms with Crippen LogP contribution in [0.2, 0.25) is 5.02 Å². The Hall–Kier alpha value is -0.330. The van der Waals surface area contributed by atoms with Crippen molar-refractivity contribution in [3.05, 3.63) is 32.4 Å². The van der Waals surface area contributed by atoms with Gasteiger partial charge in [0.2, 0.25) is 0 Å². The molecule has 2 rings (SSSR count). The number of hydrogen-bond acceptors (Lipinski definition) is 2. The lowest BCUT2D eigenvalue weighted by Gasteiger charge is -2.42. The van der Waals surface area contributed by atoms with Crippen LogP contribution in [0.1, 0.15) is 10.4 Å². The van der Waals surface area contributed by atoms with Crippen LogP contribution in [0, 0.1) is 3.57 Å². The van der Waals surface area contributed by atoms with Crippen molar-refractivity contribution in [2.24, 2.45) is 0 Å². The molecule has 0 unspecified atom stereocenters. The highest BCUT2D eigenvalue weighted by atomic mass is 127. The lowest BCUT2D eigenvalue weighted by atomic mass is 10.1. The van der Waals surface area contributed by atoms with Crippen LogP contribution in [-0.4, -0.2) is 48.9 Å². The Morgan fingerprint density at radius 3 is 2.59 bits per heavy atom. The fourth-order valence-electron chi connectivity index (χ4n) is 1.81. The number of benzene rings is 1. The molecule has 0 N–H and O–H groups in total. The van der Waals surface area contributed by atoms with Crippen molar-refractivity contribution in [1.29, 1.82) is 0 Å². The smallest absolute Gasteiger partial charge is 0.254 e. The summed E-state index contributed by atoms with van der Waals surface area (Å²) in [4.78, 5) is 16.1. The summed E-state index contributed by atoms with van der Waals surface area (Å²) >= 11 is 8.12. The van der Waals surface area contributed by atoms with Crippen molar-refractivity contribution in [2.45, 2.75) is 6.04 Å². The number of carbonyl (C=O) groups is 1. The third-order valence-electron chi connectivity index (χ3n) is 2.99. The van der Waals surface area contributed by atoms with E-state index in [1.54, 1.807) is 6.07 Å². The first-order valence-electron chi connectivity index (χ1n) is 5.39. The number of nitrogens with zero attached hydrogens (tertiary/aromatic N) is 2. The van der Waals surface area contributed by atoms with Crippen molar-refractivity contribution in [2.75, 3.05) is 27.2 Å². The summed E-state index contributed by atoms with van der Waals surface area (Å²) in [7, 11) is 4.07. The van der Waals surface area contributed by atoms with Crippen molar-refractivity contribution >= 4 is 40.1 Å². The van der Waals surface area contributed by atoms with E-state index < -0.39 is 0 Å². The average Bonchev–Trinajstić information content (AvgIpc) is 2.12. The highest BCUT2D eigenvalue weighted by Crippen LogP contribution is 2.21. The van der Waals surface area contributed by atoms with Gasteiger partial charge in [0.1, 0.15) is 0 Å². The van der Waals surface area contributed by atoms with Gasteiger partial charge in [0, 0.05) is 33.3 Å². The minimum atomic E-state index is 0.0727. The zero-order valence-electron chi connectivity index (χ0n) is 9.78. The van der Waals surface area contributed by atoms with Gasteiger partial charge >= 0.3 is 0 Å². The minimum absolute atomic E-state index is 0.0727. The van der Waals surface area contributed by atoms with E-state index in [1.165, 1.54) is 0 Å². The van der Waals surface area contributed by atoms with Gasteiger partial charge in [-0.25, -0.2) is 0 Å². The highest BCUT2D eigenvalue weighted by molar-refractivity contribution is 14.1. The summed E-state index contributed by atoms with van der Waals surface area (Å²) in [5.41, 5.74) is 0.680.